The van der Waals surface area contributed by atoms with Crippen molar-refractivity contribution in [2.24, 2.45) is 14.1 Å². The highest BCUT2D eigenvalue weighted by Crippen LogP contribution is 2.32. The third-order valence-electron chi connectivity index (χ3n) is 5.31. The Kier molecular flexibility index (Phi) is 4.38. The number of fused-ring (bicyclic) bond motifs is 1. The van der Waals surface area contributed by atoms with Crippen molar-refractivity contribution in [1.82, 2.24) is 13.7 Å². The molecule has 4 aromatic rings. The van der Waals surface area contributed by atoms with E-state index < -0.39 is 0 Å². The van der Waals surface area contributed by atoms with Gasteiger partial charge in [-0.25, -0.2) is 4.79 Å². The summed E-state index contributed by atoms with van der Waals surface area (Å²) in [7, 11) is 3.21. The van der Waals surface area contributed by atoms with Crippen LogP contribution in [-0.4, -0.2) is 13.7 Å². The molecular formula is C22H20BrN3O2. The van der Waals surface area contributed by atoms with Crippen LogP contribution in [0.3, 0.4) is 0 Å². The van der Waals surface area contributed by atoms with Crippen LogP contribution in [0.15, 0.2) is 62.7 Å². The Labute approximate surface area is 170 Å². The number of hydrogen-bond acceptors (Lipinski definition) is 2. The number of rotatable bonds is 2. The molecule has 6 heteroatoms. The second-order valence-electron chi connectivity index (χ2n) is 7.09. The van der Waals surface area contributed by atoms with Crippen molar-refractivity contribution in [3.63, 3.8) is 0 Å². The minimum atomic E-state index is -0.337. The Bertz CT molecular complexity index is 1360. The first-order valence-corrected chi connectivity index (χ1v) is 9.73. The Hall–Kier alpha value is -2.86. The average molecular weight is 438 g/mol. The lowest BCUT2D eigenvalue weighted by Crippen LogP contribution is -2.36. The van der Waals surface area contributed by atoms with E-state index in [2.05, 4.69) is 41.9 Å². The van der Waals surface area contributed by atoms with Gasteiger partial charge in [0.2, 0.25) is 0 Å². The lowest BCUT2D eigenvalue weighted by molar-refractivity contribution is 0.714. The van der Waals surface area contributed by atoms with Gasteiger partial charge in [0.25, 0.3) is 5.56 Å². The normalized spacial score (nSPS) is 11.3. The van der Waals surface area contributed by atoms with Gasteiger partial charge in [0.1, 0.15) is 0 Å². The summed E-state index contributed by atoms with van der Waals surface area (Å²) in [4.78, 5) is 25.5. The van der Waals surface area contributed by atoms with Crippen LogP contribution in [-0.2, 0) is 14.1 Å². The van der Waals surface area contributed by atoms with E-state index in [0.717, 1.165) is 31.5 Å². The molecule has 0 amide bonds. The van der Waals surface area contributed by atoms with E-state index in [9.17, 15) is 9.59 Å². The third-order valence-corrected chi connectivity index (χ3v) is 5.80. The summed E-state index contributed by atoms with van der Waals surface area (Å²) in [5.41, 5.74) is 4.97. The molecule has 2 heterocycles. The quantitative estimate of drug-likeness (QED) is 0.474. The molecule has 0 aliphatic carbocycles. The summed E-state index contributed by atoms with van der Waals surface area (Å²) >= 11 is 3.53. The molecule has 5 nitrogen and oxygen atoms in total. The van der Waals surface area contributed by atoms with Crippen LogP contribution in [0.5, 0.6) is 0 Å². The van der Waals surface area contributed by atoms with Crippen LogP contribution in [0.4, 0.5) is 0 Å². The van der Waals surface area contributed by atoms with Gasteiger partial charge in [-0.1, -0.05) is 34.1 Å². The molecule has 0 saturated carbocycles. The second kappa shape index (κ2) is 6.63. The zero-order valence-electron chi connectivity index (χ0n) is 16.2. The van der Waals surface area contributed by atoms with Gasteiger partial charge in [-0.2, -0.15) is 0 Å². The maximum Gasteiger partial charge on any atom is 0.330 e. The van der Waals surface area contributed by atoms with Gasteiger partial charge in [-0.05, 0) is 49.2 Å². The number of nitrogens with zero attached hydrogens (tertiary/aromatic N) is 3. The molecule has 0 aliphatic rings. The minimum absolute atomic E-state index is 0.296. The fraction of sp³-hybridized carbons (Fsp3) is 0.182. The first-order chi connectivity index (χ1) is 13.3. The van der Waals surface area contributed by atoms with Crippen LogP contribution >= 0.6 is 15.9 Å². The molecule has 2 aromatic heterocycles. The highest BCUT2D eigenvalue weighted by atomic mass is 79.9. The van der Waals surface area contributed by atoms with Gasteiger partial charge in [0.15, 0.2) is 0 Å². The Morgan fingerprint density at radius 1 is 0.893 bits per heavy atom. The zero-order chi connectivity index (χ0) is 20.2. The molecule has 0 unspecified atom stereocenters. The third kappa shape index (κ3) is 2.76. The molecule has 0 spiro atoms. The highest BCUT2D eigenvalue weighted by molar-refractivity contribution is 9.10. The van der Waals surface area contributed by atoms with Crippen molar-refractivity contribution in [2.75, 3.05) is 0 Å². The van der Waals surface area contributed by atoms with Crippen molar-refractivity contribution >= 4 is 26.8 Å². The topological polar surface area (TPSA) is 48.9 Å². The maximum absolute atomic E-state index is 13.1. The van der Waals surface area contributed by atoms with Gasteiger partial charge in [-0.15, -0.1) is 0 Å². The number of aryl methyl sites for hydroxylation is 3. The summed E-state index contributed by atoms with van der Waals surface area (Å²) in [6.07, 6.45) is 1.87. The molecular weight excluding hydrogens is 418 g/mol. The van der Waals surface area contributed by atoms with Crippen LogP contribution in [0.1, 0.15) is 11.1 Å². The van der Waals surface area contributed by atoms with Crippen molar-refractivity contribution < 1.29 is 0 Å². The van der Waals surface area contributed by atoms with Crippen molar-refractivity contribution in [3.8, 4) is 16.9 Å². The maximum atomic E-state index is 13.1. The molecule has 4 rings (SSSR count). The average Bonchev–Trinajstić information content (AvgIpc) is 3.07. The van der Waals surface area contributed by atoms with Crippen LogP contribution in [0.25, 0.3) is 27.8 Å². The lowest BCUT2D eigenvalue weighted by atomic mass is 10.1. The fourth-order valence-corrected chi connectivity index (χ4v) is 3.94. The summed E-state index contributed by atoms with van der Waals surface area (Å²) in [5, 5.41) is 0.529. The fourth-order valence-electron chi connectivity index (χ4n) is 3.54. The van der Waals surface area contributed by atoms with Crippen molar-refractivity contribution in [1.29, 1.82) is 0 Å². The van der Waals surface area contributed by atoms with E-state index in [0.29, 0.717) is 10.9 Å². The van der Waals surface area contributed by atoms with Gasteiger partial charge in [0.05, 0.1) is 16.6 Å². The summed E-state index contributed by atoms with van der Waals surface area (Å²) in [6.45, 7) is 4.13. The smallest absolute Gasteiger partial charge is 0.314 e. The van der Waals surface area contributed by atoms with E-state index in [1.165, 1.54) is 17.2 Å². The molecule has 2 aromatic carbocycles. The molecule has 0 bridgehead atoms. The van der Waals surface area contributed by atoms with Crippen molar-refractivity contribution in [3.05, 3.63) is 85.1 Å². The highest BCUT2D eigenvalue weighted by Gasteiger charge is 2.20. The first-order valence-electron chi connectivity index (χ1n) is 8.94. The molecule has 0 saturated heterocycles. The molecule has 0 radical (unpaired) electrons. The van der Waals surface area contributed by atoms with Crippen LogP contribution < -0.4 is 11.2 Å². The molecule has 142 valence electrons. The van der Waals surface area contributed by atoms with Gasteiger partial charge < -0.3 is 4.57 Å². The number of aromatic nitrogens is 3. The monoisotopic (exact) mass is 437 g/mol. The number of benzene rings is 2. The number of hydrogen-bond donors (Lipinski definition) is 0. The summed E-state index contributed by atoms with van der Waals surface area (Å²) in [6, 6.07) is 14.0. The van der Waals surface area contributed by atoms with Crippen molar-refractivity contribution in [2.45, 2.75) is 13.8 Å². The molecule has 0 atom stereocenters. The Balaban J connectivity index is 2.21. The Morgan fingerprint density at radius 2 is 1.64 bits per heavy atom. The molecule has 28 heavy (non-hydrogen) atoms. The largest absolute Gasteiger partial charge is 0.330 e. The molecule has 0 aliphatic heterocycles. The van der Waals surface area contributed by atoms with Gasteiger partial charge in [-0.3, -0.25) is 13.9 Å². The summed E-state index contributed by atoms with van der Waals surface area (Å²) < 4.78 is 5.61. The van der Waals surface area contributed by atoms with Gasteiger partial charge >= 0.3 is 5.69 Å². The van der Waals surface area contributed by atoms with E-state index >= 15 is 0 Å². The summed E-state index contributed by atoms with van der Waals surface area (Å²) in [5.74, 6) is 0. The predicted octanol–water partition coefficient (Wildman–Crippen LogP) is 4.07. The van der Waals surface area contributed by atoms with Gasteiger partial charge in [0, 0.05) is 36.0 Å². The first kappa shape index (κ1) is 18.5. The number of halogens is 1. The van der Waals surface area contributed by atoms with E-state index in [4.69, 9.17) is 0 Å². The van der Waals surface area contributed by atoms with Crippen LogP contribution in [0, 0.1) is 13.8 Å². The zero-order valence-corrected chi connectivity index (χ0v) is 17.7. The van der Waals surface area contributed by atoms with E-state index in [1.807, 2.05) is 41.1 Å². The second-order valence-corrected chi connectivity index (χ2v) is 8.01. The van der Waals surface area contributed by atoms with E-state index in [-0.39, 0.29) is 11.2 Å². The molecule has 0 N–H and O–H groups in total. The lowest BCUT2D eigenvalue weighted by Gasteiger charge is -2.12. The van der Waals surface area contributed by atoms with E-state index in [1.54, 1.807) is 7.05 Å². The predicted molar refractivity (Wildman–Crippen MR) is 116 cm³/mol. The minimum Gasteiger partial charge on any atom is -0.314 e. The Morgan fingerprint density at radius 3 is 2.32 bits per heavy atom. The molecule has 0 fully saturated rings. The van der Waals surface area contributed by atoms with Crippen LogP contribution in [0.2, 0.25) is 0 Å². The standard InChI is InChI=1S/C22H20BrN3O2/c1-13-8-9-17(10-14(13)2)26-12-18-19(21(27)25(4)22(28)24(18)3)20(26)15-6-5-7-16(23)11-15/h5-12H,1-4H3. The SMILES string of the molecule is Cc1ccc(-n2cc3c(c2-c2cccc(Br)c2)c(=O)n(C)c(=O)n3C)cc1C.